The number of amides is 2. The molecule has 1 aromatic heterocycles. The van der Waals surface area contributed by atoms with Gasteiger partial charge in [-0.05, 0) is 20.2 Å². The Morgan fingerprint density at radius 1 is 1.32 bits per heavy atom. The predicted molar refractivity (Wildman–Crippen MR) is 84.8 cm³/mol. The van der Waals surface area contributed by atoms with Gasteiger partial charge in [0.15, 0.2) is 0 Å². The van der Waals surface area contributed by atoms with Crippen LogP contribution in [0.2, 0.25) is 0 Å². The first kappa shape index (κ1) is 16.2. The molecule has 0 unspecified atom stereocenters. The number of rotatable bonds is 6. The Morgan fingerprint density at radius 2 is 2.05 bits per heavy atom. The van der Waals surface area contributed by atoms with Gasteiger partial charge in [0.05, 0.1) is 11.3 Å². The second-order valence-electron chi connectivity index (χ2n) is 5.63. The van der Waals surface area contributed by atoms with Crippen LogP contribution in [0.3, 0.4) is 0 Å². The Balaban J connectivity index is 1.94. The largest absolute Gasteiger partial charge is 0.382 e. The van der Waals surface area contributed by atoms with Gasteiger partial charge in [-0.1, -0.05) is 0 Å². The van der Waals surface area contributed by atoms with Crippen molar-refractivity contribution in [1.82, 2.24) is 19.7 Å². The van der Waals surface area contributed by atoms with E-state index in [1.807, 2.05) is 20.2 Å². The molecule has 0 aliphatic carbocycles. The van der Waals surface area contributed by atoms with E-state index in [4.69, 9.17) is 0 Å². The third-order valence-electron chi connectivity index (χ3n) is 3.62. The molecule has 2 rings (SSSR count). The van der Waals surface area contributed by atoms with Crippen LogP contribution >= 0.6 is 0 Å². The summed E-state index contributed by atoms with van der Waals surface area (Å²) in [5.74, 6) is -0.0330. The maximum atomic E-state index is 12.5. The molecule has 1 aliphatic heterocycles. The Hall–Kier alpha value is -2.15. The maximum absolute atomic E-state index is 12.5. The molecule has 1 aromatic rings. The lowest BCUT2D eigenvalue weighted by Crippen LogP contribution is -2.48. The molecule has 0 saturated carbocycles. The van der Waals surface area contributed by atoms with Crippen LogP contribution in [0.5, 0.6) is 0 Å². The molecule has 1 saturated heterocycles. The quantitative estimate of drug-likeness (QED) is 0.748. The van der Waals surface area contributed by atoms with Crippen molar-refractivity contribution in [2.45, 2.75) is 0 Å². The van der Waals surface area contributed by atoms with Crippen molar-refractivity contribution in [2.24, 2.45) is 0 Å². The topological polar surface area (TPSA) is 68.8 Å². The van der Waals surface area contributed by atoms with E-state index in [-0.39, 0.29) is 5.91 Å². The molecule has 0 atom stereocenters. The normalized spacial score (nSPS) is 15.0. The van der Waals surface area contributed by atoms with Crippen molar-refractivity contribution in [3.8, 4) is 0 Å². The minimum Gasteiger partial charge on any atom is -0.382 e. The van der Waals surface area contributed by atoms with Gasteiger partial charge in [0.2, 0.25) is 6.41 Å². The summed E-state index contributed by atoms with van der Waals surface area (Å²) in [5.41, 5.74) is 1.42. The molecule has 0 radical (unpaired) electrons. The zero-order valence-electron chi connectivity index (χ0n) is 13.2. The van der Waals surface area contributed by atoms with Crippen LogP contribution in [0.15, 0.2) is 18.5 Å². The first-order chi connectivity index (χ1) is 10.6. The van der Waals surface area contributed by atoms with Crippen molar-refractivity contribution in [2.75, 3.05) is 58.7 Å². The van der Waals surface area contributed by atoms with Crippen LogP contribution in [0.25, 0.3) is 0 Å². The molecule has 0 spiro atoms. The van der Waals surface area contributed by atoms with Crippen LogP contribution in [0.1, 0.15) is 10.4 Å². The standard InChI is InChI=1S/C15H23N5O2/c1-18(2)4-3-17-14-9-13(10-16-11-14)15(22)20-7-5-19(12-21)6-8-20/h9-12,17H,3-8H2,1-2H3. The molecule has 1 fully saturated rings. The van der Waals surface area contributed by atoms with Crippen LogP contribution in [-0.2, 0) is 4.79 Å². The Labute approximate surface area is 130 Å². The number of pyridine rings is 1. The van der Waals surface area contributed by atoms with Crippen molar-refractivity contribution in [3.63, 3.8) is 0 Å². The third kappa shape index (κ3) is 4.42. The van der Waals surface area contributed by atoms with E-state index >= 15 is 0 Å². The van der Waals surface area contributed by atoms with Gasteiger partial charge in [-0.15, -0.1) is 0 Å². The van der Waals surface area contributed by atoms with E-state index in [1.165, 1.54) is 0 Å². The predicted octanol–water partition coefficient (Wildman–Crippen LogP) is -0.0307. The van der Waals surface area contributed by atoms with Gasteiger partial charge in [0.25, 0.3) is 5.91 Å². The molecule has 120 valence electrons. The van der Waals surface area contributed by atoms with Gasteiger partial charge in [-0.2, -0.15) is 0 Å². The summed E-state index contributed by atoms with van der Waals surface area (Å²) >= 11 is 0. The van der Waals surface area contributed by atoms with Crippen molar-refractivity contribution in [3.05, 3.63) is 24.0 Å². The summed E-state index contributed by atoms with van der Waals surface area (Å²) in [5, 5.41) is 3.26. The first-order valence-corrected chi connectivity index (χ1v) is 7.42. The molecular weight excluding hydrogens is 282 g/mol. The van der Waals surface area contributed by atoms with Gasteiger partial charge < -0.3 is 20.0 Å². The number of hydrogen-bond acceptors (Lipinski definition) is 5. The number of anilines is 1. The van der Waals surface area contributed by atoms with Crippen molar-refractivity contribution in [1.29, 1.82) is 0 Å². The molecule has 1 aliphatic rings. The van der Waals surface area contributed by atoms with Gasteiger partial charge >= 0.3 is 0 Å². The van der Waals surface area contributed by atoms with Gasteiger partial charge in [-0.3, -0.25) is 14.6 Å². The number of aromatic nitrogens is 1. The van der Waals surface area contributed by atoms with E-state index < -0.39 is 0 Å². The Morgan fingerprint density at radius 3 is 2.68 bits per heavy atom. The summed E-state index contributed by atoms with van der Waals surface area (Å²) in [4.78, 5) is 32.8. The SMILES string of the molecule is CN(C)CCNc1cncc(C(=O)N2CCN(C=O)CC2)c1. The van der Waals surface area contributed by atoms with E-state index in [0.717, 1.165) is 25.2 Å². The summed E-state index contributed by atoms with van der Waals surface area (Å²) in [7, 11) is 4.03. The minimum absolute atomic E-state index is 0.0330. The lowest BCUT2D eigenvalue weighted by atomic mass is 10.2. The summed E-state index contributed by atoms with van der Waals surface area (Å²) in [6, 6.07) is 1.83. The van der Waals surface area contributed by atoms with Gasteiger partial charge in [0.1, 0.15) is 0 Å². The zero-order chi connectivity index (χ0) is 15.9. The highest BCUT2D eigenvalue weighted by Gasteiger charge is 2.21. The lowest BCUT2D eigenvalue weighted by Gasteiger charge is -2.32. The van der Waals surface area contributed by atoms with Crippen LogP contribution < -0.4 is 5.32 Å². The highest BCUT2D eigenvalue weighted by molar-refractivity contribution is 5.94. The maximum Gasteiger partial charge on any atom is 0.255 e. The van der Waals surface area contributed by atoms with Gasteiger partial charge in [-0.25, -0.2) is 0 Å². The molecule has 22 heavy (non-hydrogen) atoms. The summed E-state index contributed by atoms with van der Waals surface area (Å²) in [6.45, 7) is 4.01. The molecule has 1 N–H and O–H groups in total. The number of nitrogens with one attached hydrogen (secondary N) is 1. The monoisotopic (exact) mass is 305 g/mol. The highest BCUT2D eigenvalue weighted by atomic mass is 16.2. The number of hydrogen-bond donors (Lipinski definition) is 1. The molecule has 0 aromatic carbocycles. The minimum atomic E-state index is -0.0330. The highest BCUT2D eigenvalue weighted by Crippen LogP contribution is 2.12. The second-order valence-corrected chi connectivity index (χ2v) is 5.63. The van der Waals surface area contributed by atoms with Crippen molar-refractivity contribution >= 4 is 18.0 Å². The Bertz CT molecular complexity index is 512. The van der Waals surface area contributed by atoms with Crippen LogP contribution in [-0.4, -0.2) is 85.4 Å². The number of carbonyl (C=O) groups is 2. The zero-order valence-corrected chi connectivity index (χ0v) is 13.2. The number of nitrogens with zero attached hydrogens (tertiary/aromatic N) is 4. The smallest absolute Gasteiger partial charge is 0.255 e. The number of piperazine rings is 1. The van der Waals surface area contributed by atoms with Crippen molar-refractivity contribution < 1.29 is 9.59 Å². The average Bonchev–Trinajstić information content (AvgIpc) is 2.54. The molecule has 2 heterocycles. The molecule has 7 heteroatoms. The molecule has 7 nitrogen and oxygen atoms in total. The molecule has 0 bridgehead atoms. The summed E-state index contributed by atoms with van der Waals surface area (Å²) < 4.78 is 0. The van der Waals surface area contributed by atoms with Gasteiger partial charge in [0, 0.05) is 51.7 Å². The first-order valence-electron chi connectivity index (χ1n) is 7.42. The fraction of sp³-hybridized carbons (Fsp3) is 0.533. The Kier molecular flexibility index (Phi) is 5.71. The second kappa shape index (κ2) is 7.74. The fourth-order valence-electron chi connectivity index (χ4n) is 2.29. The van der Waals surface area contributed by atoms with E-state index in [1.54, 1.807) is 22.2 Å². The van der Waals surface area contributed by atoms with E-state index in [2.05, 4.69) is 15.2 Å². The molecular formula is C15H23N5O2. The van der Waals surface area contributed by atoms with E-state index in [9.17, 15) is 9.59 Å². The van der Waals surface area contributed by atoms with E-state index in [0.29, 0.717) is 31.7 Å². The lowest BCUT2D eigenvalue weighted by molar-refractivity contribution is -0.119. The fourth-order valence-corrected chi connectivity index (χ4v) is 2.29. The van der Waals surface area contributed by atoms with Crippen LogP contribution in [0, 0.1) is 0 Å². The molecule has 2 amide bonds. The average molecular weight is 305 g/mol. The van der Waals surface area contributed by atoms with Crippen LogP contribution in [0.4, 0.5) is 5.69 Å². The third-order valence-corrected chi connectivity index (χ3v) is 3.62. The number of likely N-dealkylation sites (N-methyl/N-ethyl adjacent to an activating group) is 1. The summed E-state index contributed by atoms with van der Waals surface area (Å²) in [6.07, 6.45) is 4.14. The number of carbonyl (C=O) groups excluding carboxylic acids is 2.